The van der Waals surface area contributed by atoms with Crippen molar-refractivity contribution in [2.45, 2.75) is 44.2 Å². The molecule has 1 fully saturated rings. The predicted molar refractivity (Wildman–Crippen MR) is 77.8 cm³/mol. The maximum Gasteiger partial charge on any atom is 0.126 e. The van der Waals surface area contributed by atoms with Crippen LogP contribution in [0, 0.1) is 5.82 Å². The normalized spacial score (nSPS) is 24.6. The highest BCUT2D eigenvalue weighted by Crippen LogP contribution is 2.38. The average molecular weight is 267 g/mol. The van der Waals surface area contributed by atoms with Crippen molar-refractivity contribution in [2.75, 3.05) is 12.0 Å². The molecule has 100 valence electrons. The van der Waals surface area contributed by atoms with E-state index in [4.69, 9.17) is 0 Å². The maximum absolute atomic E-state index is 13.6. The standard InChI is InChI=1S/C15H22FNS/c1-11(7-8-18-2)17-13-9-12(10-13)14-5-3-4-6-15(14)16/h3-6,11-13,17H,7-10H2,1-2H3. The minimum absolute atomic E-state index is 0.0450. The summed E-state index contributed by atoms with van der Waals surface area (Å²) in [6.07, 6.45) is 5.50. The Bertz CT molecular complexity index is 377. The first kappa shape index (κ1) is 13.9. The van der Waals surface area contributed by atoms with Crippen LogP contribution in [0.25, 0.3) is 0 Å². The van der Waals surface area contributed by atoms with Crippen molar-refractivity contribution in [3.63, 3.8) is 0 Å². The van der Waals surface area contributed by atoms with Gasteiger partial charge in [-0.3, -0.25) is 0 Å². The predicted octanol–water partition coefficient (Wildman–Crippen LogP) is 3.80. The van der Waals surface area contributed by atoms with Crippen LogP contribution in [0.1, 0.15) is 37.7 Å². The van der Waals surface area contributed by atoms with E-state index in [-0.39, 0.29) is 5.82 Å². The van der Waals surface area contributed by atoms with E-state index < -0.39 is 0 Å². The van der Waals surface area contributed by atoms with E-state index in [9.17, 15) is 4.39 Å². The Kier molecular flexibility index (Phi) is 5.07. The molecule has 0 radical (unpaired) electrons. The first-order valence-electron chi connectivity index (χ1n) is 6.70. The Balaban J connectivity index is 1.75. The second-order valence-electron chi connectivity index (χ2n) is 5.24. The second kappa shape index (κ2) is 6.58. The largest absolute Gasteiger partial charge is 0.311 e. The molecule has 1 aliphatic carbocycles. The molecule has 1 saturated carbocycles. The molecule has 18 heavy (non-hydrogen) atoms. The SMILES string of the molecule is CSCCC(C)NC1CC(c2ccccc2F)C1. The van der Waals surface area contributed by atoms with E-state index in [0.717, 1.165) is 18.4 Å². The summed E-state index contributed by atoms with van der Waals surface area (Å²) < 4.78 is 13.6. The number of hydrogen-bond donors (Lipinski definition) is 1. The average Bonchev–Trinajstić information content (AvgIpc) is 2.32. The fraction of sp³-hybridized carbons (Fsp3) is 0.600. The Morgan fingerprint density at radius 3 is 2.78 bits per heavy atom. The van der Waals surface area contributed by atoms with Gasteiger partial charge < -0.3 is 5.32 Å². The number of halogens is 1. The van der Waals surface area contributed by atoms with Crippen LogP contribution in [0.5, 0.6) is 0 Å². The van der Waals surface area contributed by atoms with Crippen LogP contribution in [0.3, 0.4) is 0 Å². The third-order valence-corrected chi connectivity index (χ3v) is 4.40. The molecule has 1 aromatic rings. The molecule has 0 spiro atoms. The molecule has 0 amide bonds. The van der Waals surface area contributed by atoms with E-state index in [0.29, 0.717) is 18.0 Å². The van der Waals surface area contributed by atoms with E-state index in [1.54, 1.807) is 12.1 Å². The van der Waals surface area contributed by atoms with Crippen LogP contribution in [0.4, 0.5) is 4.39 Å². The number of thioether (sulfide) groups is 1. The summed E-state index contributed by atoms with van der Waals surface area (Å²) in [6, 6.07) is 8.33. The lowest BCUT2D eigenvalue weighted by molar-refractivity contribution is 0.263. The Morgan fingerprint density at radius 2 is 2.11 bits per heavy atom. The maximum atomic E-state index is 13.6. The van der Waals surface area contributed by atoms with Crippen molar-refractivity contribution in [3.8, 4) is 0 Å². The van der Waals surface area contributed by atoms with Crippen LogP contribution in [-0.4, -0.2) is 24.1 Å². The molecule has 0 heterocycles. The van der Waals surface area contributed by atoms with Crippen molar-refractivity contribution in [1.29, 1.82) is 0 Å². The molecule has 0 aliphatic heterocycles. The van der Waals surface area contributed by atoms with E-state index in [1.165, 1.54) is 12.2 Å². The second-order valence-corrected chi connectivity index (χ2v) is 6.22. The lowest BCUT2D eigenvalue weighted by atomic mass is 9.75. The Hall–Kier alpha value is -0.540. The smallest absolute Gasteiger partial charge is 0.126 e. The van der Waals surface area contributed by atoms with Crippen LogP contribution in [0.15, 0.2) is 24.3 Å². The van der Waals surface area contributed by atoms with Gasteiger partial charge in [0.05, 0.1) is 0 Å². The van der Waals surface area contributed by atoms with Crippen molar-refractivity contribution in [1.82, 2.24) is 5.32 Å². The summed E-state index contributed by atoms with van der Waals surface area (Å²) in [7, 11) is 0. The molecular formula is C15H22FNS. The molecule has 0 bridgehead atoms. The fourth-order valence-corrected chi connectivity index (χ4v) is 3.18. The highest BCUT2D eigenvalue weighted by molar-refractivity contribution is 7.98. The van der Waals surface area contributed by atoms with Crippen LogP contribution < -0.4 is 5.32 Å². The summed E-state index contributed by atoms with van der Waals surface area (Å²) >= 11 is 1.89. The van der Waals surface area contributed by atoms with Gasteiger partial charge >= 0.3 is 0 Å². The molecule has 1 aromatic carbocycles. The van der Waals surface area contributed by atoms with E-state index in [1.807, 2.05) is 23.9 Å². The third-order valence-electron chi connectivity index (χ3n) is 3.76. The molecular weight excluding hydrogens is 245 g/mol. The van der Waals surface area contributed by atoms with Crippen LogP contribution in [-0.2, 0) is 0 Å². The van der Waals surface area contributed by atoms with Gasteiger partial charge in [0.1, 0.15) is 5.82 Å². The summed E-state index contributed by atoms with van der Waals surface area (Å²) in [5, 5.41) is 3.63. The van der Waals surface area contributed by atoms with Gasteiger partial charge in [-0.1, -0.05) is 18.2 Å². The number of hydrogen-bond acceptors (Lipinski definition) is 2. The highest BCUT2D eigenvalue weighted by Gasteiger charge is 2.32. The molecule has 1 aliphatic rings. The lowest BCUT2D eigenvalue weighted by Crippen LogP contribution is -2.44. The van der Waals surface area contributed by atoms with Gasteiger partial charge in [0.2, 0.25) is 0 Å². The number of rotatable bonds is 6. The topological polar surface area (TPSA) is 12.0 Å². The highest BCUT2D eigenvalue weighted by atomic mass is 32.2. The Morgan fingerprint density at radius 1 is 1.39 bits per heavy atom. The molecule has 2 rings (SSSR count). The zero-order valence-electron chi connectivity index (χ0n) is 11.2. The monoisotopic (exact) mass is 267 g/mol. The van der Waals surface area contributed by atoms with Gasteiger partial charge in [-0.15, -0.1) is 0 Å². The Labute approximate surface area is 114 Å². The third kappa shape index (κ3) is 3.48. The van der Waals surface area contributed by atoms with Crippen molar-refractivity contribution in [2.24, 2.45) is 0 Å². The van der Waals surface area contributed by atoms with Gasteiger partial charge in [0.15, 0.2) is 0 Å². The van der Waals surface area contributed by atoms with Crippen LogP contribution >= 0.6 is 11.8 Å². The quantitative estimate of drug-likeness (QED) is 0.841. The molecule has 1 atom stereocenters. The minimum atomic E-state index is -0.0450. The van der Waals surface area contributed by atoms with Gasteiger partial charge in [-0.25, -0.2) is 4.39 Å². The molecule has 0 saturated heterocycles. The lowest BCUT2D eigenvalue weighted by Gasteiger charge is -2.38. The molecule has 1 nitrogen and oxygen atoms in total. The van der Waals surface area contributed by atoms with Crippen molar-refractivity contribution >= 4 is 11.8 Å². The van der Waals surface area contributed by atoms with Gasteiger partial charge in [-0.2, -0.15) is 11.8 Å². The molecule has 0 aromatic heterocycles. The van der Waals surface area contributed by atoms with Gasteiger partial charge in [-0.05, 0) is 55.7 Å². The molecule has 1 N–H and O–H groups in total. The fourth-order valence-electron chi connectivity index (χ4n) is 2.59. The summed E-state index contributed by atoms with van der Waals surface area (Å²) in [5.41, 5.74) is 0.896. The van der Waals surface area contributed by atoms with Crippen molar-refractivity contribution < 1.29 is 4.39 Å². The van der Waals surface area contributed by atoms with Crippen LogP contribution in [0.2, 0.25) is 0 Å². The first-order valence-corrected chi connectivity index (χ1v) is 8.09. The number of benzene rings is 1. The van der Waals surface area contributed by atoms with Gasteiger partial charge in [0.25, 0.3) is 0 Å². The molecule has 1 unspecified atom stereocenters. The summed E-state index contributed by atoms with van der Waals surface area (Å²) in [5.74, 6) is 1.57. The van der Waals surface area contributed by atoms with Gasteiger partial charge in [0, 0.05) is 12.1 Å². The first-order chi connectivity index (χ1) is 8.70. The van der Waals surface area contributed by atoms with Crippen molar-refractivity contribution in [3.05, 3.63) is 35.6 Å². The van der Waals surface area contributed by atoms with E-state index in [2.05, 4.69) is 18.5 Å². The number of nitrogens with one attached hydrogen (secondary N) is 1. The van der Waals surface area contributed by atoms with E-state index >= 15 is 0 Å². The molecule has 3 heteroatoms. The minimum Gasteiger partial charge on any atom is -0.311 e. The summed E-state index contributed by atoms with van der Waals surface area (Å²) in [4.78, 5) is 0. The zero-order valence-corrected chi connectivity index (χ0v) is 12.0. The summed E-state index contributed by atoms with van der Waals surface area (Å²) in [6.45, 7) is 2.24. The zero-order chi connectivity index (χ0) is 13.0.